The summed E-state index contributed by atoms with van der Waals surface area (Å²) in [6, 6.07) is 8.36. The molecule has 0 radical (unpaired) electrons. The lowest BCUT2D eigenvalue weighted by molar-refractivity contribution is 0.0335. The van der Waals surface area contributed by atoms with E-state index < -0.39 is 18.0 Å². The Morgan fingerprint density at radius 3 is 2.69 bits per heavy atom. The molecule has 3 aromatic rings. The predicted molar refractivity (Wildman–Crippen MR) is 136 cm³/mol. The number of nitrogens with zero attached hydrogens (tertiary/aromatic N) is 4. The number of ether oxygens (including phenoxy) is 2. The van der Waals surface area contributed by atoms with Crippen LogP contribution in [0.1, 0.15) is 41.6 Å². The molecule has 1 aromatic carbocycles. The lowest BCUT2D eigenvalue weighted by Crippen LogP contribution is -2.35. The van der Waals surface area contributed by atoms with Gasteiger partial charge in [0.1, 0.15) is 23.7 Å². The van der Waals surface area contributed by atoms with Gasteiger partial charge >= 0.3 is 0 Å². The first-order valence-corrected chi connectivity index (χ1v) is 12.3. The van der Waals surface area contributed by atoms with Crippen molar-refractivity contribution in [2.75, 3.05) is 31.7 Å². The van der Waals surface area contributed by atoms with Crippen LogP contribution < -0.4 is 15.6 Å². The third-order valence-electron chi connectivity index (χ3n) is 6.09. The average molecular weight is 531 g/mol. The van der Waals surface area contributed by atoms with Gasteiger partial charge in [0.15, 0.2) is 0 Å². The Morgan fingerprint density at radius 1 is 1.19 bits per heavy atom. The smallest absolute Gasteiger partial charge is 0.125 e. The summed E-state index contributed by atoms with van der Waals surface area (Å²) in [5, 5.41) is 9.29. The van der Waals surface area contributed by atoms with Crippen LogP contribution in [0.15, 0.2) is 48.6 Å². The van der Waals surface area contributed by atoms with Gasteiger partial charge in [0.05, 0.1) is 40.3 Å². The van der Waals surface area contributed by atoms with Gasteiger partial charge in [-0.1, -0.05) is 23.2 Å². The first-order valence-electron chi connectivity index (χ1n) is 11.6. The van der Waals surface area contributed by atoms with E-state index in [0.717, 1.165) is 37.7 Å². The summed E-state index contributed by atoms with van der Waals surface area (Å²) in [6.07, 6.45) is 3.99. The number of hydrazine groups is 1. The second kappa shape index (κ2) is 11.1. The van der Waals surface area contributed by atoms with Gasteiger partial charge in [-0.25, -0.2) is 9.82 Å². The molecule has 1 saturated heterocycles. The highest BCUT2D eigenvalue weighted by Crippen LogP contribution is 2.38. The molecule has 0 aliphatic carbocycles. The molecule has 2 unspecified atom stereocenters. The normalized spacial score (nSPS) is 19.0. The molecular formula is C25H25Cl2FN6O2. The lowest BCUT2D eigenvalue weighted by atomic mass is 10.0. The van der Waals surface area contributed by atoms with Crippen molar-refractivity contribution in [3.8, 4) is 5.75 Å². The summed E-state index contributed by atoms with van der Waals surface area (Å²) in [4.78, 5) is 6.23. The maximum Gasteiger partial charge on any atom is 0.125 e. The Hall–Kier alpha value is -2.82. The molecule has 4 heterocycles. The zero-order chi connectivity index (χ0) is 25.1. The Kier molecular flexibility index (Phi) is 7.64. The van der Waals surface area contributed by atoms with E-state index >= 15 is 4.39 Å². The molecule has 2 aliphatic heterocycles. The number of aromatic nitrogens is 3. The maximum atomic E-state index is 15.3. The van der Waals surface area contributed by atoms with E-state index in [1.54, 1.807) is 18.2 Å². The van der Waals surface area contributed by atoms with Crippen molar-refractivity contribution in [2.24, 2.45) is 0 Å². The fourth-order valence-electron chi connectivity index (χ4n) is 4.23. The molecule has 1 fully saturated rings. The molecule has 0 spiro atoms. The molecule has 5 rings (SSSR count). The number of hydrogen-bond acceptors (Lipinski definition) is 8. The highest BCUT2D eigenvalue weighted by atomic mass is 35.5. The average Bonchev–Trinajstić information content (AvgIpc) is 3.29. The molecule has 36 heavy (non-hydrogen) atoms. The van der Waals surface area contributed by atoms with Crippen LogP contribution in [0.4, 0.5) is 10.1 Å². The summed E-state index contributed by atoms with van der Waals surface area (Å²) < 4.78 is 26.7. The Balaban J connectivity index is 1.29. The van der Waals surface area contributed by atoms with Gasteiger partial charge in [-0.3, -0.25) is 9.88 Å². The molecule has 2 N–H and O–H groups in total. The van der Waals surface area contributed by atoms with Crippen molar-refractivity contribution in [3.05, 3.63) is 81.1 Å². The number of anilines is 1. The van der Waals surface area contributed by atoms with Gasteiger partial charge in [-0.05, 0) is 43.3 Å². The SMILES string of the molecule is CC(Oc1ccc2c(c1)C(/C(F)=C/c1ccc(CN3CCOCC3)nn1)NN2)c1c(Cl)cncc1Cl. The van der Waals surface area contributed by atoms with E-state index in [2.05, 4.69) is 30.9 Å². The number of halogens is 3. The van der Waals surface area contributed by atoms with Gasteiger partial charge < -0.3 is 14.9 Å². The molecule has 188 valence electrons. The highest BCUT2D eigenvalue weighted by molar-refractivity contribution is 6.35. The summed E-state index contributed by atoms with van der Waals surface area (Å²) in [5.41, 5.74) is 9.37. The van der Waals surface area contributed by atoms with Crippen molar-refractivity contribution >= 4 is 35.0 Å². The van der Waals surface area contributed by atoms with Crippen LogP contribution in [0.3, 0.4) is 0 Å². The monoisotopic (exact) mass is 530 g/mol. The van der Waals surface area contributed by atoms with Crippen molar-refractivity contribution in [2.45, 2.75) is 25.6 Å². The minimum atomic E-state index is -0.707. The maximum absolute atomic E-state index is 15.3. The van der Waals surface area contributed by atoms with E-state index in [4.69, 9.17) is 32.7 Å². The summed E-state index contributed by atoms with van der Waals surface area (Å²) in [5.74, 6) is 0.155. The minimum absolute atomic E-state index is 0.401. The van der Waals surface area contributed by atoms with Crippen molar-refractivity contribution in [1.82, 2.24) is 25.5 Å². The highest BCUT2D eigenvalue weighted by Gasteiger charge is 2.27. The molecule has 2 aliphatic rings. The van der Waals surface area contributed by atoms with Crippen LogP contribution in [0.25, 0.3) is 6.08 Å². The van der Waals surface area contributed by atoms with Crippen LogP contribution in [0.5, 0.6) is 5.75 Å². The van der Waals surface area contributed by atoms with Crippen LogP contribution in [-0.4, -0.2) is 46.4 Å². The van der Waals surface area contributed by atoms with E-state index in [-0.39, 0.29) is 0 Å². The van der Waals surface area contributed by atoms with E-state index in [1.807, 2.05) is 19.1 Å². The van der Waals surface area contributed by atoms with Crippen molar-refractivity contribution < 1.29 is 13.9 Å². The Morgan fingerprint density at radius 2 is 1.97 bits per heavy atom. The van der Waals surface area contributed by atoms with E-state index in [1.165, 1.54) is 18.5 Å². The van der Waals surface area contributed by atoms with Gasteiger partial charge in [0, 0.05) is 43.2 Å². The summed E-state index contributed by atoms with van der Waals surface area (Å²) >= 11 is 12.5. The molecule has 2 atom stereocenters. The van der Waals surface area contributed by atoms with Crippen LogP contribution >= 0.6 is 23.2 Å². The number of pyridine rings is 1. The molecule has 0 bridgehead atoms. The molecular weight excluding hydrogens is 506 g/mol. The van der Waals surface area contributed by atoms with Crippen LogP contribution in [0, 0.1) is 0 Å². The molecule has 0 saturated carbocycles. The summed E-state index contributed by atoms with van der Waals surface area (Å²) in [6.45, 7) is 5.72. The molecule has 8 nitrogen and oxygen atoms in total. The third kappa shape index (κ3) is 5.61. The number of hydrogen-bond donors (Lipinski definition) is 2. The van der Waals surface area contributed by atoms with E-state index in [9.17, 15) is 0 Å². The number of benzene rings is 1. The fraction of sp³-hybridized carbons (Fsp3) is 0.320. The second-order valence-electron chi connectivity index (χ2n) is 8.60. The van der Waals surface area contributed by atoms with Crippen molar-refractivity contribution in [3.63, 3.8) is 0 Å². The first-order chi connectivity index (χ1) is 17.5. The fourth-order valence-corrected chi connectivity index (χ4v) is 4.90. The largest absolute Gasteiger partial charge is 0.486 e. The van der Waals surface area contributed by atoms with Crippen LogP contribution in [0.2, 0.25) is 10.0 Å². The van der Waals surface area contributed by atoms with Crippen LogP contribution in [-0.2, 0) is 11.3 Å². The molecule has 2 aromatic heterocycles. The first kappa shape index (κ1) is 24.9. The quantitative estimate of drug-likeness (QED) is 0.434. The zero-order valence-corrected chi connectivity index (χ0v) is 21.1. The molecule has 0 amide bonds. The van der Waals surface area contributed by atoms with Gasteiger partial charge in [-0.15, -0.1) is 0 Å². The second-order valence-corrected chi connectivity index (χ2v) is 9.41. The molecule has 11 heteroatoms. The van der Waals surface area contributed by atoms with E-state index in [0.29, 0.717) is 39.2 Å². The zero-order valence-electron chi connectivity index (χ0n) is 19.5. The lowest BCUT2D eigenvalue weighted by Gasteiger charge is -2.25. The number of rotatable bonds is 7. The van der Waals surface area contributed by atoms with Crippen molar-refractivity contribution in [1.29, 1.82) is 0 Å². The predicted octanol–water partition coefficient (Wildman–Crippen LogP) is 5.13. The number of fused-ring (bicyclic) bond motifs is 1. The third-order valence-corrected chi connectivity index (χ3v) is 6.69. The minimum Gasteiger partial charge on any atom is -0.486 e. The van der Waals surface area contributed by atoms with Gasteiger partial charge in [-0.2, -0.15) is 10.2 Å². The Bertz CT molecular complexity index is 1230. The summed E-state index contributed by atoms with van der Waals surface area (Å²) in [7, 11) is 0. The van der Waals surface area contributed by atoms with Gasteiger partial charge in [0.2, 0.25) is 0 Å². The number of nitrogens with one attached hydrogen (secondary N) is 2. The number of morpholine rings is 1. The standard InChI is InChI=1S/C25H25Cl2FN6O2/c1-15(24-20(26)12-29-13-21(24)27)36-18-4-5-23-19(11-18)25(33-32-23)22(28)10-16-2-3-17(31-30-16)14-34-6-8-35-9-7-34/h2-5,10-13,15,25,32-33H,6-9,14H2,1H3/b22-10-. The topological polar surface area (TPSA) is 84.4 Å². The Labute approximate surface area is 218 Å². The van der Waals surface area contributed by atoms with Gasteiger partial charge in [0.25, 0.3) is 0 Å².